The first-order valence-corrected chi connectivity index (χ1v) is 5.78. The Balaban J connectivity index is 2.05. The Kier molecular flexibility index (Phi) is 5.65. The van der Waals surface area contributed by atoms with E-state index in [1.165, 1.54) is 0 Å². The molecule has 1 saturated heterocycles. The van der Waals surface area contributed by atoms with Gasteiger partial charge in [-0.3, -0.25) is 4.79 Å². The van der Waals surface area contributed by atoms with E-state index < -0.39 is 0 Å². The SMILES string of the molecule is CNCC(C)C(=O)NCCC1CCCO1. The van der Waals surface area contributed by atoms with Gasteiger partial charge < -0.3 is 15.4 Å². The van der Waals surface area contributed by atoms with Crippen molar-refractivity contribution in [3.8, 4) is 0 Å². The maximum Gasteiger partial charge on any atom is 0.224 e. The van der Waals surface area contributed by atoms with Gasteiger partial charge in [0.1, 0.15) is 0 Å². The van der Waals surface area contributed by atoms with E-state index in [1.807, 2.05) is 14.0 Å². The monoisotopic (exact) mass is 214 g/mol. The van der Waals surface area contributed by atoms with E-state index in [9.17, 15) is 4.79 Å². The third kappa shape index (κ3) is 4.62. The second kappa shape index (κ2) is 6.80. The number of hydrogen-bond donors (Lipinski definition) is 2. The molecule has 88 valence electrons. The van der Waals surface area contributed by atoms with E-state index in [0.29, 0.717) is 6.10 Å². The molecular weight excluding hydrogens is 192 g/mol. The first-order chi connectivity index (χ1) is 7.24. The maximum atomic E-state index is 11.5. The van der Waals surface area contributed by atoms with Crippen molar-refractivity contribution in [3.63, 3.8) is 0 Å². The summed E-state index contributed by atoms with van der Waals surface area (Å²) in [4.78, 5) is 11.5. The molecule has 4 heteroatoms. The highest BCUT2D eigenvalue weighted by molar-refractivity contribution is 5.78. The normalized spacial score (nSPS) is 22.7. The Bertz CT molecular complexity index is 191. The van der Waals surface area contributed by atoms with Crippen LogP contribution in [0.4, 0.5) is 0 Å². The predicted molar refractivity (Wildman–Crippen MR) is 59.7 cm³/mol. The van der Waals surface area contributed by atoms with Crippen molar-refractivity contribution in [2.24, 2.45) is 5.92 Å². The van der Waals surface area contributed by atoms with Gasteiger partial charge in [-0.15, -0.1) is 0 Å². The van der Waals surface area contributed by atoms with Crippen molar-refractivity contribution in [1.82, 2.24) is 10.6 Å². The molecule has 0 spiro atoms. The highest BCUT2D eigenvalue weighted by atomic mass is 16.5. The van der Waals surface area contributed by atoms with Crippen LogP contribution in [0.3, 0.4) is 0 Å². The molecule has 4 nitrogen and oxygen atoms in total. The van der Waals surface area contributed by atoms with Crippen LogP contribution in [0.15, 0.2) is 0 Å². The fourth-order valence-electron chi connectivity index (χ4n) is 1.80. The molecule has 0 aromatic rings. The summed E-state index contributed by atoms with van der Waals surface area (Å²) in [6.45, 7) is 4.27. The molecule has 2 N–H and O–H groups in total. The van der Waals surface area contributed by atoms with Gasteiger partial charge in [0.05, 0.1) is 6.10 Å². The number of rotatable bonds is 6. The van der Waals surface area contributed by atoms with Crippen LogP contribution in [0.5, 0.6) is 0 Å². The average Bonchev–Trinajstić information content (AvgIpc) is 2.71. The molecule has 1 aliphatic rings. The molecule has 2 unspecified atom stereocenters. The number of hydrogen-bond acceptors (Lipinski definition) is 3. The van der Waals surface area contributed by atoms with Crippen LogP contribution in [-0.2, 0) is 9.53 Å². The predicted octanol–water partition coefficient (Wildman–Crippen LogP) is 0.527. The third-order valence-electron chi connectivity index (χ3n) is 2.75. The number of ether oxygens (including phenoxy) is 1. The Morgan fingerprint density at radius 2 is 2.40 bits per heavy atom. The molecule has 0 aliphatic carbocycles. The molecule has 1 amide bonds. The van der Waals surface area contributed by atoms with Crippen LogP contribution in [-0.4, -0.2) is 38.8 Å². The topological polar surface area (TPSA) is 50.4 Å². The molecule has 1 fully saturated rings. The van der Waals surface area contributed by atoms with Gasteiger partial charge in [-0.05, 0) is 26.3 Å². The van der Waals surface area contributed by atoms with E-state index >= 15 is 0 Å². The van der Waals surface area contributed by atoms with Crippen molar-refractivity contribution in [1.29, 1.82) is 0 Å². The minimum Gasteiger partial charge on any atom is -0.378 e. The largest absolute Gasteiger partial charge is 0.378 e. The van der Waals surface area contributed by atoms with E-state index in [2.05, 4.69) is 10.6 Å². The van der Waals surface area contributed by atoms with Gasteiger partial charge in [-0.2, -0.15) is 0 Å². The Hall–Kier alpha value is -0.610. The van der Waals surface area contributed by atoms with Gasteiger partial charge in [-0.1, -0.05) is 6.92 Å². The summed E-state index contributed by atoms with van der Waals surface area (Å²) < 4.78 is 5.48. The van der Waals surface area contributed by atoms with E-state index in [0.717, 1.165) is 39.0 Å². The number of carbonyl (C=O) groups is 1. The molecule has 1 heterocycles. The van der Waals surface area contributed by atoms with Crippen LogP contribution >= 0.6 is 0 Å². The number of nitrogens with one attached hydrogen (secondary N) is 2. The van der Waals surface area contributed by atoms with Crippen molar-refractivity contribution in [2.45, 2.75) is 32.3 Å². The molecule has 0 radical (unpaired) electrons. The summed E-state index contributed by atoms with van der Waals surface area (Å²) in [6.07, 6.45) is 3.61. The number of amides is 1. The van der Waals surface area contributed by atoms with E-state index in [1.54, 1.807) is 0 Å². The number of carbonyl (C=O) groups excluding carboxylic acids is 1. The molecule has 0 saturated carbocycles. The molecule has 0 bridgehead atoms. The molecule has 15 heavy (non-hydrogen) atoms. The van der Waals surface area contributed by atoms with Crippen LogP contribution in [0.1, 0.15) is 26.2 Å². The van der Waals surface area contributed by atoms with Gasteiger partial charge in [-0.25, -0.2) is 0 Å². The van der Waals surface area contributed by atoms with Crippen molar-refractivity contribution >= 4 is 5.91 Å². The van der Waals surface area contributed by atoms with Crippen LogP contribution in [0.25, 0.3) is 0 Å². The second-order valence-corrected chi connectivity index (χ2v) is 4.17. The highest BCUT2D eigenvalue weighted by Crippen LogP contribution is 2.14. The average molecular weight is 214 g/mol. The standard InChI is InChI=1S/C11H22N2O2/c1-9(8-12-2)11(14)13-6-5-10-4-3-7-15-10/h9-10,12H,3-8H2,1-2H3,(H,13,14). The van der Waals surface area contributed by atoms with E-state index in [4.69, 9.17) is 4.74 Å². The fourth-order valence-corrected chi connectivity index (χ4v) is 1.80. The fraction of sp³-hybridized carbons (Fsp3) is 0.909. The Labute approximate surface area is 91.8 Å². The van der Waals surface area contributed by atoms with Crippen molar-refractivity contribution in [2.75, 3.05) is 26.7 Å². The first-order valence-electron chi connectivity index (χ1n) is 5.78. The lowest BCUT2D eigenvalue weighted by molar-refractivity contribution is -0.124. The lowest BCUT2D eigenvalue weighted by Gasteiger charge is -2.13. The molecule has 2 atom stereocenters. The van der Waals surface area contributed by atoms with Crippen LogP contribution in [0, 0.1) is 5.92 Å². The molecule has 1 aliphatic heterocycles. The van der Waals surface area contributed by atoms with Gasteiger partial charge in [0.15, 0.2) is 0 Å². The summed E-state index contributed by atoms with van der Waals surface area (Å²) in [6, 6.07) is 0. The lowest BCUT2D eigenvalue weighted by atomic mass is 10.1. The summed E-state index contributed by atoms with van der Waals surface area (Å²) in [5, 5.41) is 5.93. The van der Waals surface area contributed by atoms with Gasteiger partial charge in [0.25, 0.3) is 0 Å². The van der Waals surface area contributed by atoms with Gasteiger partial charge >= 0.3 is 0 Å². The summed E-state index contributed by atoms with van der Waals surface area (Å²) in [5.74, 6) is 0.168. The quantitative estimate of drug-likeness (QED) is 0.678. The molecule has 1 rings (SSSR count). The summed E-state index contributed by atoms with van der Waals surface area (Å²) >= 11 is 0. The Morgan fingerprint density at radius 3 is 3.00 bits per heavy atom. The molecular formula is C11H22N2O2. The summed E-state index contributed by atoms with van der Waals surface area (Å²) in [7, 11) is 1.86. The molecule has 0 aromatic carbocycles. The first kappa shape index (κ1) is 12.5. The van der Waals surface area contributed by atoms with E-state index in [-0.39, 0.29) is 11.8 Å². The zero-order chi connectivity index (χ0) is 11.1. The van der Waals surface area contributed by atoms with Gasteiger partial charge in [0.2, 0.25) is 5.91 Å². The minimum atomic E-state index is 0.0412. The Morgan fingerprint density at radius 1 is 1.60 bits per heavy atom. The van der Waals surface area contributed by atoms with Gasteiger partial charge in [0, 0.05) is 25.6 Å². The van der Waals surface area contributed by atoms with Crippen LogP contribution in [0.2, 0.25) is 0 Å². The second-order valence-electron chi connectivity index (χ2n) is 4.17. The van der Waals surface area contributed by atoms with Crippen molar-refractivity contribution in [3.05, 3.63) is 0 Å². The van der Waals surface area contributed by atoms with Crippen molar-refractivity contribution < 1.29 is 9.53 Å². The smallest absolute Gasteiger partial charge is 0.224 e. The summed E-state index contributed by atoms with van der Waals surface area (Å²) in [5.41, 5.74) is 0. The minimum absolute atomic E-state index is 0.0412. The zero-order valence-electron chi connectivity index (χ0n) is 9.71. The lowest BCUT2D eigenvalue weighted by Crippen LogP contribution is -2.35. The zero-order valence-corrected chi connectivity index (χ0v) is 9.71. The molecule has 0 aromatic heterocycles. The van der Waals surface area contributed by atoms with Crippen LogP contribution < -0.4 is 10.6 Å². The third-order valence-corrected chi connectivity index (χ3v) is 2.75. The highest BCUT2D eigenvalue weighted by Gasteiger charge is 2.16. The maximum absolute atomic E-state index is 11.5.